The first-order valence-electron chi connectivity index (χ1n) is 7.74. The van der Waals surface area contributed by atoms with Crippen molar-refractivity contribution in [3.05, 3.63) is 59.5 Å². The van der Waals surface area contributed by atoms with E-state index in [2.05, 4.69) is 10.3 Å². The molecule has 0 radical (unpaired) electrons. The molecule has 2 heterocycles. The molecule has 0 fully saturated rings. The number of nitrogens with zero attached hydrogens (tertiary/aromatic N) is 1. The van der Waals surface area contributed by atoms with Crippen LogP contribution in [0, 0.1) is 5.95 Å². The zero-order valence-electron chi connectivity index (χ0n) is 14.6. The van der Waals surface area contributed by atoms with Crippen LogP contribution < -0.4 is 10.1 Å². The first kappa shape index (κ1) is 21.3. The van der Waals surface area contributed by atoms with Crippen LogP contribution in [0.3, 0.4) is 0 Å². The van der Waals surface area contributed by atoms with E-state index in [1.165, 1.54) is 31.5 Å². The average molecular weight is 429 g/mol. The Morgan fingerprint density at radius 2 is 1.96 bits per heavy atom. The van der Waals surface area contributed by atoms with Crippen LogP contribution in [0.4, 0.5) is 4.39 Å². The van der Waals surface area contributed by atoms with Crippen molar-refractivity contribution >= 4 is 33.6 Å². The Hall–Kier alpha value is -2.00. The molecule has 0 amide bonds. The molecule has 0 unspecified atom stereocenters. The topological polar surface area (TPSA) is 68.3 Å². The summed E-state index contributed by atoms with van der Waals surface area (Å²) in [7, 11) is -0.614. The molecule has 0 saturated carbocycles. The predicted octanol–water partition coefficient (Wildman–Crippen LogP) is 3.93. The first-order valence-corrected chi connectivity index (χ1v) is 10.0. The minimum Gasteiger partial charge on any atom is -0.497 e. The first-order chi connectivity index (χ1) is 12.5. The number of pyridine rings is 1. The van der Waals surface area contributed by atoms with Crippen LogP contribution in [-0.4, -0.2) is 27.6 Å². The molecule has 0 spiro atoms. The summed E-state index contributed by atoms with van der Waals surface area (Å²) >= 11 is 1.12. The number of nitrogens with one attached hydrogen (secondary N) is 1. The van der Waals surface area contributed by atoms with Crippen molar-refractivity contribution in [1.82, 2.24) is 10.3 Å². The van der Waals surface area contributed by atoms with Crippen molar-refractivity contribution in [2.45, 2.75) is 15.6 Å². The number of rotatable bonds is 6. The van der Waals surface area contributed by atoms with E-state index in [1.54, 1.807) is 31.3 Å². The Balaban J connectivity index is 0.00000261. The number of halogens is 2. The van der Waals surface area contributed by atoms with Gasteiger partial charge in [0.15, 0.2) is 0 Å². The molecule has 2 aromatic heterocycles. The van der Waals surface area contributed by atoms with Gasteiger partial charge in [-0.05, 0) is 43.4 Å². The number of hydrogen-bond donors (Lipinski definition) is 1. The maximum atomic E-state index is 14.2. The molecule has 0 aliphatic rings. The van der Waals surface area contributed by atoms with E-state index in [0.29, 0.717) is 17.9 Å². The van der Waals surface area contributed by atoms with Crippen LogP contribution in [0.5, 0.6) is 5.75 Å². The monoisotopic (exact) mass is 428 g/mol. The van der Waals surface area contributed by atoms with E-state index in [9.17, 15) is 12.8 Å². The van der Waals surface area contributed by atoms with Crippen molar-refractivity contribution in [3.8, 4) is 16.9 Å². The molecule has 1 aromatic carbocycles. The molecule has 0 bridgehead atoms. The molecule has 0 aliphatic carbocycles. The maximum Gasteiger partial charge on any atom is 0.220 e. The second-order valence-electron chi connectivity index (χ2n) is 5.47. The predicted molar refractivity (Wildman–Crippen MR) is 106 cm³/mol. The van der Waals surface area contributed by atoms with Gasteiger partial charge in [0, 0.05) is 28.7 Å². The van der Waals surface area contributed by atoms with Gasteiger partial charge >= 0.3 is 0 Å². The van der Waals surface area contributed by atoms with Crippen LogP contribution >= 0.6 is 23.7 Å². The molecule has 0 saturated heterocycles. The highest BCUT2D eigenvalue weighted by atomic mass is 35.5. The Bertz CT molecular complexity index is 1040. The molecule has 5 nitrogen and oxygen atoms in total. The summed E-state index contributed by atoms with van der Waals surface area (Å²) in [5.41, 5.74) is 0.473. The van der Waals surface area contributed by atoms with Gasteiger partial charge in [0.05, 0.1) is 12.0 Å². The lowest BCUT2D eigenvalue weighted by Gasteiger charge is -2.08. The lowest BCUT2D eigenvalue weighted by atomic mass is 10.1. The Labute approximate surface area is 167 Å². The van der Waals surface area contributed by atoms with E-state index in [1.807, 2.05) is 0 Å². The third-order valence-electron chi connectivity index (χ3n) is 3.74. The van der Waals surface area contributed by atoms with Gasteiger partial charge < -0.3 is 10.1 Å². The number of aromatic nitrogens is 1. The fourth-order valence-electron chi connectivity index (χ4n) is 2.53. The van der Waals surface area contributed by atoms with Gasteiger partial charge in [-0.25, -0.2) is 13.4 Å². The standard InChI is InChI=1S/C18H17FN2O3S2.ClH/c1-20-11-13-10-16(15-7-4-8-21-17(15)19)18(25-13)26(22,23)14-6-3-5-12(9-14)24-2;/h3-10,20H,11H2,1-2H3;1H. The molecule has 1 N–H and O–H groups in total. The van der Waals surface area contributed by atoms with E-state index in [0.717, 1.165) is 16.2 Å². The molecule has 9 heteroatoms. The molecule has 0 aliphatic heterocycles. The highest BCUT2D eigenvalue weighted by Crippen LogP contribution is 2.39. The van der Waals surface area contributed by atoms with E-state index in [-0.39, 0.29) is 27.1 Å². The molecule has 3 aromatic rings. The van der Waals surface area contributed by atoms with Crippen molar-refractivity contribution < 1.29 is 17.5 Å². The van der Waals surface area contributed by atoms with Crippen molar-refractivity contribution in [3.63, 3.8) is 0 Å². The number of methoxy groups -OCH3 is 1. The third kappa shape index (κ3) is 4.30. The number of ether oxygens (including phenoxy) is 1. The van der Waals surface area contributed by atoms with E-state index < -0.39 is 15.8 Å². The van der Waals surface area contributed by atoms with Crippen LogP contribution in [0.25, 0.3) is 11.1 Å². The lowest BCUT2D eigenvalue weighted by Crippen LogP contribution is -2.03. The second-order valence-corrected chi connectivity index (χ2v) is 8.75. The fourth-order valence-corrected chi connectivity index (χ4v) is 5.69. The van der Waals surface area contributed by atoms with Crippen LogP contribution in [0.1, 0.15) is 4.88 Å². The summed E-state index contributed by atoms with van der Waals surface area (Å²) < 4.78 is 45.9. The quantitative estimate of drug-likeness (QED) is 0.602. The highest BCUT2D eigenvalue weighted by Gasteiger charge is 2.27. The van der Waals surface area contributed by atoms with Gasteiger partial charge in [-0.1, -0.05) is 6.07 Å². The van der Waals surface area contributed by atoms with Crippen molar-refractivity contribution in [2.75, 3.05) is 14.2 Å². The van der Waals surface area contributed by atoms with Gasteiger partial charge in [-0.3, -0.25) is 0 Å². The van der Waals surface area contributed by atoms with Crippen LogP contribution in [-0.2, 0) is 16.4 Å². The summed E-state index contributed by atoms with van der Waals surface area (Å²) in [6.07, 6.45) is 1.33. The summed E-state index contributed by atoms with van der Waals surface area (Å²) in [6, 6.07) is 11.0. The summed E-state index contributed by atoms with van der Waals surface area (Å²) in [4.78, 5) is 4.52. The van der Waals surface area contributed by atoms with Crippen molar-refractivity contribution in [1.29, 1.82) is 0 Å². The van der Waals surface area contributed by atoms with Crippen molar-refractivity contribution in [2.24, 2.45) is 0 Å². The Kier molecular flexibility index (Phi) is 6.94. The Morgan fingerprint density at radius 1 is 1.19 bits per heavy atom. The van der Waals surface area contributed by atoms with Crippen LogP contribution in [0.15, 0.2) is 57.8 Å². The van der Waals surface area contributed by atoms with Gasteiger partial charge in [0.1, 0.15) is 9.96 Å². The average Bonchev–Trinajstić information content (AvgIpc) is 3.07. The smallest absolute Gasteiger partial charge is 0.220 e. The molecular weight excluding hydrogens is 411 g/mol. The minimum absolute atomic E-state index is 0. The minimum atomic E-state index is -3.85. The zero-order chi connectivity index (χ0) is 18.7. The zero-order valence-corrected chi connectivity index (χ0v) is 17.1. The largest absolute Gasteiger partial charge is 0.497 e. The number of benzene rings is 1. The SMILES string of the molecule is CNCc1cc(-c2cccnc2F)c(S(=O)(=O)c2cccc(OC)c2)s1.Cl. The normalized spacial score (nSPS) is 11.1. The molecular formula is C18H18ClFN2O3S2. The van der Waals surface area contributed by atoms with Gasteiger partial charge in [-0.2, -0.15) is 4.39 Å². The molecule has 3 rings (SSSR count). The number of thiophene rings is 1. The summed E-state index contributed by atoms with van der Waals surface area (Å²) in [5, 5.41) is 2.99. The summed E-state index contributed by atoms with van der Waals surface area (Å²) in [5.74, 6) is -0.268. The van der Waals surface area contributed by atoms with E-state index >= 15 is 0 Å². The summed E-state index contributed by atoms with van der Waals surface area (Å²) in [6.45, 7) is 0.479. The maximum absolute atomic E-state index is 14.2. The second kappa shape index (κ2) is 8.79. The van der Waals surface area contributed by atoms with Gasteiger partial charge in [-0.15, -0.1) is 23.7 Å². The Morgan fingerprint density at radius 3 is 2.63 bits per heavy atom. The molecule has 144 valence electrons. The van der Waals surface area contributed by atoms with Crippen LogP contribution in [0.2, 0.25) is 0 Å². The highest BCUT2D eigenvalue weighted by molar-refractivity contribution is 7.93. The lowest BCUT2D eigenvalue weighted by molar-refractivity contribution is 0.413. The fraction of sp³-hybridized carbons (Fsp3) is 0.167. The third-order valence-corrected chi connectivity index (χ3v) is 7.17. The number of hydrogen-bond acceptors (Lipinski definition) is 6. The molecule has 27 heavy (non-hydrogen) atoms. The van der Waals surface area contributed by atoms with Gasteiger partial charge in [0.25, 0.3) is 0 Å². The van der Waals surface area contributed by atoms with Gasteiger partial charge in [0.2, 0.25) is 15.8 Å². The molecule has 0 atom stereocenters. The number of sulfone groups is 1. The van der Waals surface area contributed by atoms with E-state index in [4.69, 9.17) is 4.74 Å².